The largest absolute Gasteiger partial charge is 0.422 e. The summed E-state index contributed by atoms with van der Waals surface area (Å²) in [5.74, 6) is 0. The molecule has 0 aliphatic carbocycles. The Morgan fingerprint density at radius 1 is 0.479 bits per heavy atom. The van der Waals surface area contributed by atoms with E-state index in [9.17, 15) is 30.3 Å². The maximum absolute atomic E-state index is 11.3. The van der Waals surface area contributed by atoms with Gasteiger partial charge >= 0.3 is 17.1 Å². The van der Waals surface area contributed by atoms with Gasteiger partial charge in [0.2, 0.25) is 0 Å². The van der Waals surface area contributed by atoms with Crippen LogP contribution in [0, 0.1) is 30.3 Å². The monoisotopic (exact) mass is 729 g/mol. The van der Waals surface area contributed by atoms with Crippen LogP contribution in [-0.2, 0) is 20.4 Å². The number of hydrogen-bond donors (Lipinski definition) is 2. The summed E-state index contributed by atoms with van der Waals surface area (Å²) in [5, 5.41) is 35.1. The second-order valence-corrected chi connectivity index (χ2v) is 10.7. The molecule has 0 spiro atoms. The topological polar surface area (TPSA) is 187 Å². The summed E-state index contributed by atoms with van der Waals surface area (Å²) in [4.78, 5) is 46.6. The Kier molecular flexibility index (Phi) is 8.43. The summed E-state index contributed by atoms with van der Waals surface area (Å²) in [7, 11) is 0. The SMILES string of the molecule is C1=Cc2cc3ccc(cc4ccc(cc5nc(cc1n2)C=C5)[nH]4)[nH]3.O=[N+]([O-])c1cc2cc3ccccc3cc2c([N+](=O)[O-])c1[N+](=O)[O-].[Pd]. The average Bonchev–Trinajstić information content (AvgIpc) is 3.86. The van der Waals surface area contributed by atoms with E-state index in [-0.39, 0.29) is 31.2 Å². The number of H-pyrrole nitrogens is 2. The minimum absolute atomic E-state index is 0. The molecule has 8 bridgehead atoms. The smallest absolute Gasteiger partial charge is 0.355 e. The molecule has 5 heterocycles. The van der Waals surface area contributed by atoms with Crippen LogP contribution < -0.4 is 0 Å². The van der Waals surface area contributed by atoms with Crippen molar-refractivity contribution in [2.24, 2.45) is 0 Å². The third-order valence-electron chi connectivity index (χ3n) is 7.54. The first-order chi connectivity index (χ1) is 22.7. The first-order valence-electron chi connectivity index (χ1n) is 14.2. The van der Waals surface area contributed by atoms with Crippen LogP contribution in [0.2, 0.25) is 0 Å². The van der Waals surface area contributed by atoms with Gasteiger partial charge in [-0.3, -0.25) is 30.3 Å². The van der Waals surface area contributed by atoms with Crippen molar-refractivity contribution in [3.8, 4) is 0 Å². The number of benzene rings is 3. The molecule has 0 saturated carbocycles. The second-order valence-electron chi connectivity index (χ2n) is 10.7. The van der Waals surface area contributed by atoms with Gasteiger partial charge in [-0.05, 0) is 101 Å². The maximum Gasteiger partial charge on any atom is 0.422 e. The van der Waals surface area contributed by atoms with Crippen LogP contribution in [0.15, 0.2) is 91.0 Å². The summed E-state index contributed by atoms with van der Waals surface area (Å²) in [6, 6.07) is 27.3. The van der Waals surface area contributed by atoms with Crippen LogP contribution in [0.5, 0.6) is 0 Å². The molecule has 14 heteroatoms. The summed E-state index contributed by atoms with van der Waals surface area (Å²) >= 11 is 0. The van der Waals surface area contributed by atoms with E-state index < -0.39 is 31.8 Å². The molecule has 3 aromatic carbocycles. The summed E-state index contributed by atoms with van der Waals surface area (Å²) in [6.07, 6.45) is 8.05. The maximum atomic E-state index is 11.3. The summed E-state index contributed by atoms with van der Waals surface area (Å²) in [6.45, 7) is 0. The van der Waals surface area contributed by atoms with Gasteiger partial charge in [-0.25, -0.2) is 9.97 Å². The predicted molar refractivity (Wildman–Crippen MR) is 180 cm³/mol. The van der Waals surface area contributed by atoms with Crippen LogP contribution in [-0.4, -0.2) is 34.7 Å². The fraction of sp³-hybridized carbons (Fsp3) is 0. The first kappa shape index (κ1) is 31.6. The van der Waals surface area contributed by atoms with Gasteiger partial charge in [0.05, 0.1) is 42.9 Å². The van der Waals surface area contributed by atoms with Gasteiger partial charge in [0.25, 0.3) is 0 Å². The normalized spacial score (nSPS) is 11.5. The molecule has 0 amide bonds. The number of rotatable bonds is 3. The molecular weight excluding hydrogens is 709 g/mol. The van der Waals surface area contributed by atoms with Crippen LogP contribution in [0.1, 0.15) is 22.8 Å². The molecule has 6 aromatic rings. The first-order valence-corrected chi connectivity index (χ1v) is 14.2. The summed E-state index contributed by atoms with van der Waals surface area (Å²) in [5.41, 5.74) is 4.98. The van der Waals surface area contributed by atoms with Gasteiger partial charge in [-0.2, -0.15) is 0 Å². The molecule has 238 valence electrons. The zero-order valence-electron chi connectivity index (χ0n) is 24.5. The Morgan fingerprint density at radius 2 is 0.938 bits per heavy atom. The number of nitrogens with one attached hydrogen (secondary N) is 2. The Morgan fingerprint density at radius 3 is 1.42 bits per heavy atom. The molecule has 0 unspecified atom stereocenters. The summed E-state index contributed by atoms with van der Waals surface area (Å²) < 4.78 is 0. The number of nitrogens with zero attached hydrogens (tertiary/aromatic N) is 5. The molecule has 3 aromatic heterocycles. The zero-order chi connectivity index (χ0) is 32.7. The number of fused-ring (bicyclic) bond motifs is 10. The van der Waals surface area contributed by atoms with E-state index in [1.54, 1.807) is 24.3 Å². The van der Waals surface area contributed by atoms with E-state index in [0.717, 1.165) is 56.3 Å². The molecule has 2 aliphatic rings. The third-order valence-corrected chi connectivity index (χ3v) is 7.54. The number of nitro groups is 3. The van der Waals surface area contributed by atoms with Crippen LogP contribution in [0.4, 0.5) is 17.1 Å². The van der Waals surface area contributed by atoms with Crippen molar-refractivity contribution < 1.29 is 35.2 Å². The molecule has 0 saturated heterocycles. The van der Waals surface area contributed by atoms with Crippen molar-refractivity contribution in [2.75, 3.05) is 0 Å². The van der Waals surface area contributed by atoms with E-state index in [0.29, 0.717) is 5.39 Å². The van der Waals surface area contributed by atoms with Crippen molar-refractivity contribution in [3.05, 3.63) is 144 Å². The zero-order valence-corrected chi connectivity index (χ0v) is 26.0. The van der Waals surface area contributed by atoms with E-state index in [2.05, 4.69) is 50.3 Å². The number of aromatic amines is 2. The second kappa shape index (κ2) is 12.8. The van der Waals surface area contributed by atoms with E-state index in [1.165, 1.54) is 12.1 Å². The van der Waals surface area contributed by atoms with Gasteiger partial charge in [0.15, 0.2) is 0 Å². The molecule has 48 heavy (non-hydrogen) atoms. The minimum atomic E-state index is -1.11. The fourth-order valence-corrected chi connectivity index (χ4v) is 5.49. The molecular formula is C34H21N7O6Pd. The third kappa shape index (κ3) is 6.34. The quantitative estimate of drug-likeness (QED) is 0.0785. The fourth-order valence-electron chi connectivity index (χ4n) is 5.49. The molecule has 0 fully saturated rings. The minimum Gasteiger partial charge on any atom is -0.355 e. The standard InChI is InChI=1S/C20H14N4.C14H7N3O6.Pd/c1-2-14-10-16-5-6-18(23-16)12-20-8-7-19(24-20)11-17-4-3-15(22-17)9-13(1)21-14;18-15(19)12-7-10-5-8-3-1-2-4-9(8)6-11(10)13(16(20)21)14(12)17(22)23;/h1-12,21-22H;1-7H;. The molecule has 0 radical (unpaired) electrons. The van der Waals surface area contributed by atoms with Crippen LogP contribution in [0.3, 0.4) is 0 Å². The van der Waals surface area contributed by atoms with Gasteiger partial charge in [-0.15, -0.1) is 0 Å². The van der Waals surface area contributed by atoms with E-state index >= 15 is 0 Å². The van der Waals surface area contributed by atoms with Gasteiger partial charge in [0, 0.05) is 48.6 Å². The average molecular weight is 730 g/mol. The van der Waals surface area contributed by atoms with E-state index in [1.807, 2.05) is 42.5 Å². The Hall–Kier alpha value is -6.36. The predicted octanol–water partition coefficient (Wildman–Crippen LogP) is 8.37. The van der Waals surface area contributed by atoms with Crippen molar-refractivity contribution in [1.29, 1.82) is 0 Å². The molecule has 0 atom stereocenters. The Labute approximate surface area is 283 Å². The van der Waals surface area contributed by atoms with Gasteiger partial charge in [-0.1, -0.05) is 24.3 Å². The molecule has 13 nitrogen and oxygen atoms in total. The Bertz CT molecular complexity index is 2450. The molecule has 2 aliphatic heterocycles. The van der Waals surface area contributed by atoms with E-state index in [4.69, 9.17) is 0 Å². The van der Waals surface area contributed by atoms with Crippen LogP contribution in [0.25, 0.3) is 67.9 Å². The van der Waals surface area contributed by atoms with Crippen molar-refractivity contribution in [3.63, 3.8) is 0 Å². The Balaban J connectivity index is 0.000000164. The number of aromatic nitrogens is 4. The molecule has 8 rings (SSSR count). The number of hydrogen-bond acceptors (Lipinski definition) is 8. The van der Waals surface area contributed by atoms with Crippen molar-refractivity contribution in [1.82, 2.24) is 19.9 Å². The van der Waals surface area contributed by atoms with Gasteiger partial charge < -0.3 is 9.97 Å². The number of nitro benzene ring substituents is 3. The van der Waals surface area contributed by atoms with Crippen molar-refractivity contribution >= 4 is 85.0 Å². The van der Waals surface area contributed by atoms with Gasteiger partial charge in [0.1, 0.15) is 0 Å². The molecule has 2 N–H and O–H groups in total. The van der Waals surface area contributed by atoms with Crippen LogP contribution >= 0.6 is 0 Å². The van der Waals surface area contributed by atoms with Crippen molar-refractivity contribution in [2.45, 2.75) is 0 Å².